The lowest BCUT2D eigenvalue weighted by atomic mass is 10.2. The maximum Gasteiger partial charge on any atom is 0.166 e. The van der Waals surface area contributed by atoms with Gasteiger partial charge in [-0.2, -0.15) is 0 Å². The lowest BCUT2D eigenvalue weighted by molar-refractivity contribution is 0.112. The summed E-state index contributed by atoms with van der Waals surface area (Å²) in [7, 11) is 0. The molecular weight excluding hydrogens is 182 g/mol. The van der Waals surface area contributed by atoms with Gasteiger partial charge in [-0.1, -0.05) is 6.07 Å². The number of aldehydes is 1. The average molecular weight is 191 g/mol. The lowest BCUT2D eigenvalue weighted by Crippen LogP contribution is -1.74. The fourth-order valence-corrected chi connectivity index (χ4v) is 1.99. The van der Waals surface area contributed by atoms with E-state index in [1.54, 1.807) is 11.8 Å². The van der Waals surface area contributed by atoms with Gasteiger partial charge in [0.15, 0.2) is 6.29 Å². The minimum atomic E-state index is 0.636. The van der Waals surface area contributed by atoms with Crippen LogP contribution in [0.25, 0.3) is 10.9 Å². The van der Waals surface area contributed by atoms with Gasteiger partial charge in [-0.25, -0.2) is 0 Å². The van der Waals surface area contributed by atoms with Crippen LogP contribution in [-0.4, -0.2) is 17.5 Å². The molecule has 0 aliphatic rings. The van der Waals surface area contributed by atoms with Crippen LogP contribution in [0.4, 0.5) is 0 Å². The number of carbonyl (C=O) groups is 1. The summed E-state index contributed by atoms with van der Waals surface area (Å²) in [5.41, 5.74) is 1.66. The second kappa shape index (κ2) is 3.26. The van der Waals surface area contributed by atoms with Crippen molar-refractivity contribution in [1.82, 2.24) is 4.98 Å². The quantitative estimate of drug-likeness (QED) is 0.584. The van der Waals surface area contributed by atoms with Crippen molar-refractivity contribution in [2.75, 3.05) is 6.26 Å². The second-order valence-corrected chi connectivity index (χ2v) is 3.61. The van der Waals surface area contributed by atoms with Gasteiger partial charge in [0.1, 0.15) is 0 Å². The number of hydrogen-bond donors (Lipinski definition) is 1. The Morgan fingerprint density at radius 2 is 2.31 bits per heavy atom. The number of H-pyrrole nitrogens is 1. The van der Waals surface area contributed by atoms with Crippen LogP contribution in [-0.2, 0) is 0 Å². The fourth-order valence-electron chi connectivity index (χ4n) is 1.39. The van der Waals surface area contributed by atoms with Crippen molar-refractivity contribution in [1.29, 1.82) is 0 Å². The Labute approximate surface area is 80.3 Å². The maximum atomic E-state index is 10.5. The first-order chi connectivity index (χ1) is 6.35. The second-order valence-electron chi connectivity index (χ2n) is 2.76. The van der Waals surface area contributed by atoms with Gasteiger partial charge >= 0.3 is 0 Å². The summed E-state index contributed by atoms with van der Waals surface area (Å²) in [5.74, 6) is 0. The first-order valence-corrected chi connectivity index (χ1v) is 5.18. The zero-order valence-electron chi connectivity index (χ0n) is 7.20. The number of carbonyl (C=O) groups excluding carboxylic acids is 1. The highest BCUT2D eigenvalue weighted by Gasteiger charge is 2.02. The van der Waals surface area contributed by atoms with Crippen LogP contribution in [0.5, 0.6) is 0 Å². The van der Waals surface area contributed by atoms with Crippen molar-refractivity contribution in [2.24, 2.45) is 0 Å². The first-order valence-electron chi connectivity index (χ1n) is 3.96. The topological polar surface area (TPSA) is 32.9 Å². The summed E-state index contributed by atoms with van der Waals surface area (Å²) in [6.45, 7) is 0. The Kier molecular flexibility index (Phi) is 2.10. The maximum absolute atomic E-state index is 10.5. The van der Waals surface area contributed by atoms with Gasteiger partial charge in [-0.3, -0.25) is 4.79 Å². The number of thioether (sulfide) groups is 1. The lowest BCUT2D eigenvalue weighted by Gasteiger charge is -1.96. The number of aromatic nitrogens is 1. The van der Waals surface area contributed by atoms with Crippen LogP contribution in [0.2, 0.25) is 0 Å². The van der Waals surface area contributed by atoms with Crippen molar-refractivity contribution in [3.63, 3.8) is 0 Å². The van der Waals surface area contributed by atoms with E-state index in [0.717, 1.165) is 17.2 Å². The van der Waals surface area contributed by atoms with Crippen molar-refractivity contribution < 1.29 is 4.79 Å². The van der Waals surface area contributed by atoms with E-state index >= 15 is 0 Å². The molecule has 0 amide bonds. The van der Waals surface area contributed by atoms with Crippen LogP contribution in [0, 0.1) is 0 Å². The van der Waals surface area contributed by atoms with E-state index < -0.39 is 0 Å². The number of rotatable bonds is 2. The summed E-state index contributed by atoms with van der Waals surface area (Å²) in [6.07, 6.45) is 2.87. The van der Waals surface area contributed by atoms with E-state index in [9.17, 15) is 4.79 Å². The molecule has 3 heteroatoms. The highest BCUT2D eigenvalue weighted by molar-refractivity contribution is 7.98. The third kappa shape index (κ3) is 1.35. The van der Waals surface area contributed by atoms with E-state index in [4.69, 9.17) is 0 Å². The molecule has 2 rings (SSSR count). The molecule has 0 fully saturated rings. The molecule has 0 aliphatic carbocycles. The zero-order valence-corrected chi connectivity index (χ0v) is 8.02. The Morgan fingerprint density at radius 1 is 1.46 bits per heavy atom. The molecule has 0 aliphatic heterocycles. The van der Waals surface area contributed by atoms with Crippen LogP contribution in [0.15, 0.2) is 29.2 Å². The van der Waals surface area contributed by atoms with Gasteiger partial charge in [0, 0.05) is 15.8 Å². The van der Waals surface area contributed by atoms with Crippen LogP contribution < -0.4 is 0 Å². The monoisotopic (exact) mass is 191 g/mol. The summed E-state index contributed by atoms with van der Waals surface area (Å²) in [4.78, 5) is 14.8. The van der Waals surface area contributed by atoms with Crippen molar-refractivity contribution in [3.05, 3.63) is 30.0 Å². The highest BCUT2D eigenvalue weighted by atomic mass is 32.2. The van der Waals surface area contributed by atoms with Gasteiger partial charge in [0.05, 0.1) is 5.69 Å². The van der Waals surface area contributed by atoms with Gasteiger partial charge < -0.3 is 4.98 Å². The van der Waals surface area contributed by atoms with Crippen molar-refractivity contribution in [2.45, 2.75) is 4.90 Å². The predicted molar refractivity (Wildman–Crippen MR) is 55.5 cm³/mol. The predicted octanol–water partition coefficient (Wildman–Crippen LogP) is 2.70. The minimum Gasteiger partial charge on any atom is -0.352 e. The van der Waals surface area contributed by atoms with Gasteiger partial charge in [-0.05, 0) is 24.5 Å². The molecular formula is C10H9NOS. The molecule has 0 atom stereocenters. The Morgan fingerprint density at radius 3 is 3.00 bits per heavy atom. The number of nitrogens with one attached hydrogen (secondary N) is 1. The summed E-state index contributed by atoms with van der Waals surface area (Å²) >= 11 is 1.69. The average Bonchev–Trinajstić information content (AvgIpc) is 2.59. The normalized spacial score (nSPS) is 10.5. The smallest absolute Gasteiger partial charge is 0.166 e. The summed E-state index contributed by atoms with van der Waals surface area (Å²) in [6, 6.07) is 7.89. The van der Waals surface area contributed by atoms with Crippen LogP contribution in [0.3, 0.4) is 0 Å². The van der Waals surface area contributed by atoms with Crippen LogP contribution >= 0.6 is 11.8 Å². The Bertz CT molecular complexity index is 447. The molecule has 0 spiro atoms. The number of hydrogen-bond acceptors (Lipinski definition) is 2. The van der Waals surface area contributed by atoms with E-state index in [0.29, 0.717) is 5.69 Å². The minimum absolute atomic E-state index is 0.636. The highest BCUT2D eigenvalue weighted by Crippen LogP contribution is 2.26. The summed E-state index contributed by atoms with van der Waals surface area (Å²) in [5, 5.41) is 1.12. The SMILES string of the molecule is CSc1cccc2[nH]c(C=O)cc12. The molecule has 2 nitrogen and oxygen atoms in total. The van der Waals surface area contributed by atoms with Gasteiger partial charge in [-0.15, -0.1) is 11.8 Å². The molecule has 2 aromatic rings. The first kappa shape index (κ1) is 8.38. The molecule has 1 N–H and O–H groups in total. The third-order valence-corrected chi connectivity index (χ3v) is 2.79. The Hall–Kier alpha value is -1.22. The van der Waals surface area contributed by atoms with Gasteiger partial charge in [0.25, 0.3) is 0 Å². The number of aromatic amines is 1. The van der Waals surface area contributed by atoms with E-state index in [1.807, 2.05) is 24.5 Å². The largest absolute Gasteiger partial charge is 0.352 e. The Balaban J connectivity index is 2.74. The number of fused-ring (bicyclic) bond motifs is 1. The molecule has 1 aromatic heterocycles. The molecule has 13 heavy (non-hydrogen) atoms. The fraction of sp³-hybridized carbons (Fsp3) is 0.100. The summed E-state index contributed by atoms with van der Waals surface area (Å²) < 4.78 is 0. The molecule has 0 bridgehead atoms. The van der Waals surface area contributed by atoms with Crippen LogP contribution in [0.1, 0.15) is 10.5 Å². The van der Waals surface area contributed by atoms with Gasteiger partial charge in [0.2, 0.25) is 0 Å². The molecule has 1 aromatic carbocycles. The van der Waals surface area contributed by atoms with E-state index in [2.05, 4.69) is 11.1 Å². The molecule has 0 unspecified atom stereocenters. The van der Waals surface area contributed by atoms with Crippen molar-refractivity contribution >= 4 is 29.0 Å². The molecule has 0 saturated heterocycles. The standard InChI is InChI=1S/C10H9NOS/c1-13-10-4-2-3-9-8(10)5-7(6-12)11-9/h2-6,11H,1H3. The molecule has 0 radical (unpaired) electrons. The zero-order chi connectivity index (χ0) is 9.26. The molecule has 1 heterocycles. The van der Waals surface area contributed by atoms with E-state index in [-0.39, 0.29) is 0 Å². The molecule has 66 valence electrons. The number of benzene rings is 1. The third-order valence-electron chi connectivity index (χ3n) is 1.99. The van der Waals surface area contributed by atoms with E-state index in [1.165, 1.54) is 4.90 Å². The van der Waals surface area contributed by atoms with Crippen molar-refractivity contribution in [3.8, 4) is 0 Å². The molecule has 0 saturated carbocycles.